The van der Waals surface area contributed by atoms with Gasteiger partial charge in [0.15, 0.2) is 0 Å². The third-order valence-electron chi connectivity index (χ3n) is 13.8. The smallest absolute Gasteiger partial charge is 0.114 e. The first-order valence-corrected chi connectivity index (χ1v) is 19.1. The number of hydrogen-bond donors (Lipinski definition) is 0. The van der Waals surface area contributed by atoms with Crippen LogP contribution in [-0.4, -0.2) is 17.0 Å². The van der Waals surface area contributed by atoms with Gasteiger partial charge in [0.05, 0.1) is 22.1 Å². The maximum absolute atomic E-state index is 6.99. The molecule has 3 heteroatoms. The van der Waals surface area contributed by atoms with Crippen LogP contribution in [0, 0.1) is 5.41 Å². The van der Waals surface area contributed by atoms with Crippen LogP contribution in [0.25, 0.3) is 77.2 Å². The molecule has 0 saturated carbocycles. The minimum atomic E-state index is -0.00881. The highest BCUT2D eigenvalue weighted by Crippen LogP contribution is 2.61. The first kappa shape index (κ1) is 32.8. The summed E-state index contributed by atoms with van der Waals surface area (Å²) in [6, 6.07) is 55.6. The quantitative estimate of drug-likeness (QED) is 0.162. The Hall–Kier alpha value is -5.80. The van der Waals surface area contributed by atoms with Crippen LogP contribution in [0.2, 0.25) is 0 Å². The molecule has 2 nitrogen and oxygen atoms in total. The maximum Gasteiger partial charge on any atom is 0.114 e. The summed E-state index contributed by atoms with van der Waals surface area (Å²) in [6.07, 6.45) is 0. The van der Waals surface area contributed by atoms with Crippen molar-refractivity contribution in [3.05, 3.63) is 163 Å². The average Bonchev–Trinajstić information content (AvgIpc) is 3.72. The Morgan fingerprint density at radius 3 is 1.33 bits per heavy atom. The van der Waals surface area contributed by atoms with Gasteiger partial charge < -0.3 is 9.13 Å². The van der Waals surface area contributed by atoms with Gasteiger partial charge in [-0.05, 0) is 116 Å². The summed E-state index contributed by atoms with van der Waals surface area (Å²) in [4.78, 5) is 0. The van der Waals surface area contributed by atoms with Gasteiger partial charge in [-0.25, -0.2) is 0 Å². The summed E-state index contributed by atoms with van der Waals surface area (Å²) < 4.78 is 4.77. The van der Waals surface area contributed by atoms with E-state index in [0.29, 0.717) is 0 Å². The standard InChI is InChI=1S/C51H43BN2/c1-49(2)42-30-38(44(52)31-43(42)50(3,4)51(49,5)6)34-23-26-48-41(29-34)40-28-33(22-25-47(40)54(48)36-17-11-8-12-18-36)32-21-24-46-39(27-32)37-19-13-14-20-45(37)53(46)35-15-9-7-10-16-35/h7-31H,1-6H3. The molecule has 0 fully saturated rings. The van der Waals surface area contributed by atoms with E-state index in [1.165, 1.54) is 71.6 Å². The van der Waals surface area contributed by atoms with Gasteiger partial charge >= 0.3 is 0 Å². The molecule has 0 spiro atoms. The van der Waals surface area contributed by atoms with Gasteiger partial charge in [-0.1, -0.05) is 132 Å². The Kier molecular flexibility index (Phi) is 6.90. The van der Waals surface area contributed by atoms with Crippen molar-refractivity contribution in [2.24, 2.45) is 5.41 Å². The Morgan fingerprint density at radius 1 is 0.389 bits per heavy atom. The number of rotatable bonds is 4. The number of fused-ring (bicyclic) bond motifs is 7. The Bertz CT molecular complexity index is 2960. The summed E-state index contributed by atoms with van der Waals surface area (Å²) in [7, 11) is 6.99. The molecule has 0 unspecified atom stereocenters. The predicted molar refractivity (Wildman–Crippen MR) is 231 cm³/mol. The molecule has 260 valence electrons. The van der Waals surface area contributed by atoms with E-state index in [0.717, 1.165) is 22.3 Å². The molecule has 0 atom stereocenters. The Labute approximate surface area is 319 Å². The molecule has 2 heterocycles. The van der Waals surface area contributed by atoms with Crippen LogP contribution in [0.5, 0.6) is 0 Å². The van der Waals surface area contributed by atoms with Gasteiger partial charge in [-0.15, -0.1) is 0 Å². The lowest BCUT2D eigenvalue weighted by Gasteiger charge is -2.44. The summed E-state index contributed by atoms with van der Waals surface area (Å²) in [6.45, 7) is 14.4. The van der Waals surface area contributed by atoms with Crippen molar-refractivity contribution in [1.82, 2.24) is 9.13 Å². The van der Waals surface area contributed by atoms with Crippen molar-refractivity contribution >= 4 is 56.9 Å². The zero-order chi connectivity index (χ0) is 37.1. The van der Waals surface area contributed by atoms with Gasteiger partial charge in [0, 0.05) is 32.9 Å². The number of benzene rings is 7. The van der Waals surface area contributed by atoms with Crippen LogP contribution in [0.1, 0.15) is 52.7 Å². The normalized spacial score (nSPS) is 15.7. The molecular weight excluding hydrogens is 651 g/mol. The summed E-state index contributed by atoms with van der Waals surface area (Å²) in [5, 5.41) is 4.95. The number of hydrogen-bond acceptors (Lipinski definition) is 0. The number of aromatic nitrogens is 2. The molecule has 1 aliphatic carbocycles. The molecule has 0 aliphatic heterocycles. The van der Waals surface area contributed by atoms with Crippen molar-refractivity contribution in [3.63, 3.8) is 0 Å². The molecule has 1 aliphatic rings. The average molecular weight is 695 g/mol. The molecule has 54 heavy (non-hydrogen) atoms. The number of nitrogens with zero attached hydrogens (tertiary/aromatic N) is 2. The first-order valence-electron chi connectivity index (χ1n) is 19.1. The van der Waals surface area contributed by atoms with Crippen molar-refractivity contribution in [2.45, 2.75) is 52.4 Å². The van der Waals surface area contributed by atoms with E-state index in [4.69, 9.17) is 7.85 Å². The van der Waals surface area contributed by atoms with E-state index in [1.807, 2.05) is 0 Å². The van der Waals surface area contributed by atoms with Crippen LogP contribution in [-0.2, 0) is 10.8 Å². The molecule has 0 N–H and O–H groups in total. The molecule has 7 aromatic carbocycles. The van der Waals surface area contributed by atoms with E-state index in [-0.39, 0.29) is 16.2 Å². The molecule has 0 saturated heterocycles. The van der Waals surface area contributed by atoms with Crippen molar-refractivity contribution in [1.29, 1.82) is 0 Å². The molecule has 2 radical (unpaired) electrons. The second-order valence-electron chi connectivity index (χ2n) is 16.9. The minimum absolute atomic E-state index is 0.00140. The zero-order valence-electron chi connectivity index (χ0n) is 31.9. The Morgan fingerprint density at radius 2 is 0.796 bits per heavy atom. The fraction of sp³-hybridized carbons (Fsp3) is 0.176. The zero-order valence-corrected chi connectivity index (χ0v) is 31.9. The first-order chi connectivity index (χ1) is 26.0. The second kappa shape index (κ2) is 11.4. The lowest BCUT2D eigenvalue weighted by Crippen LogP contribution is -2.42. The third kappa shape index (κ3) is 4.42. The second-order valence-corrected chi connectivity index (χ2v) is 16.9. The van der Waals surface area contributed by atoms with Crippen LogP contribution in [0.3, 0.4) is 0 Å². The van der Waals surface area contributed by atoms with Gasteiger partial charge in [-0.3, -0.25) is 0 Å². The van der Waals surface area contributed by atoms with E-state index in [2.05, 4.69) is 202 Å². The number of para-hydroxylation sites is 3. The lowest BCUT2D eigenvalue weighted by molar-refractivity contribution is 0.125. The molecule has 10 rings (SSSR count). The van der Waals surface area contributed by atoms with Crippen LogP contribution in [0.4, 0.5) is 0 Å². The fourth-order valence-electron chi connectivity index (χ4n) is 9.59. The highest BCUT2D eigenvalue weighted by atomic mass is 15.0. The SMILES string of the molecule is [B]c1cc2c(cc1-c1ccc3c(c1)c1cc(-c4ccc5c(c4)c4ccccc4n5-c4ccccc4)ccc1n3-c1ccccc1)C(C)(C)C(C)(C)C2(C)C. The largest absolute Gasteiger partial charge is 0.309 e. The van der Waals surface area contributed by atoms with Crippen LogP contribution in [0.15, 0.2) is 152 Å². The van der Waals surface area contributed by atoms with E-state index in [9.17, 15) is 0 Å². The third-order valence-corrected chi connectivity index (χ3v) is 13.8. The van der Waals surface area contributed by atoms with Crippen LogP contribution >= 0.6 is 0 Å². The topological polar surface area (TPSA) is 9.86 Å². The maximum atomic E-state index is 6.99. The highest BCUT2D eigenvalue weighted by molar-refractivity contribution is 6.36. The van der Waals surface area contributed by atoms with Crippen molar-refractivity contribution < 1.29 is 0 Å². The Balaban J connectivity index is 1.18. The lowest BCUT2D eigenvalue weighted by atomic mass is 9.59. The van der Waals surface area contributed by atoms with E-state index in [1.54, 1.807) is 0 Å². The predicted octanol–water partition coefficient (Wildman–Crippen LogP) is 12.6. The van der Waals surface area contributed by atoms with E-state index < -0.39 is 0 Å². The highest BCUT2D eigenvalue weighted by Gasteiger charge is 2.56. The van der Waals surface area contributed by atoms with Gasteiger partial charge in [0.25, 0.3) is 0 Å². The van der Waals surface area contributed by atoms with Gasteiger partial charge in [-0.2, -0.15) is 0 Å². The van der Waals surface area contributed by atoms with Crippen LogP contribution < -0.4 is 5.46 Å². The molecule has 0 bridgehead atoms. The van der Waals surface area contributed by atoms with E-state index >= 15 is 0 Å². The van der Waals surface area contributed by atoms with Gasteiger partial charge in [0.1, 0.15) is 7.85 Å². The fourth-order valence-corrected chi connectivity index (χ4v) is 9.59. The summed E-state index contributed by atoms with van der Waals surface area (Å²) >= 11 is 0. The monoisotopic (exact) mass is 694 g/mol. The molecule has 9 aromatic rings. The minimum Gasteiger partial charge on any atom is -0.309 e. The molecule has 0 amide bonds. The van der Waals surface area contributed by atoms with Crippen molar-refractivity contribution in [2.75, 3.05) is 0 Å². The van der Waals surface area contributed by atoms with Crippen molar-refractivity contribution in [3.8, 4) is 33.6 Å². The van der Waals surface area contributed by atoms with Gasteiger partial charge in [0.2, 0.25) is 0 Å². The molecule has 2 aromatic heterocycles. The summed E-state index contributed by atoms with van der Waals surface area (Å²) in [5.41, 5.74) is 15.4. The summed E-state index contributed by atoms with van der Waals surface area (Å²) in [5.74, 6) is 0. The molecular formula is C51H43BN2.